The van der Waals surface area contributed by atoms with Crippen molar-refractivity contribution in [3.05, 3.63) is 68.5 Å². The highest BCUT2D eigenvalue weighted by Gasteiger charge is 2.19. The number of ether oxygens (including phenoxy) is 3. The van der Waals surface area contributed by atoms with Crippen LogP contribution < -0.4 is 15.1 Å². The van der Waals surface area contributed by atoms with Crippen LogP contribution in [0, 0.1) is 0 Å². The third kappa shape index (κ3) is 4.07. The van der Waals surface area contributed by atoms with E-state index in [1.165, 1.54) is 20.3 Å². The van der Waals surface area contributed by atoms with Crippen molar-refractivity contribution in [2.75, 3.05) is 20.8 Å². The summed E-state index contributed by atoms with van der Waals surface area (Å²) < 4.78 is 21.1. The van der Waals surface area contributed by atoms with E-state index in [1.54, 1.807) is 36.4 Å². The van der Waals surface area contributed by atoms with Gasteiger partial charge in [0.15, 0.2) is 23.7 Å². The van der Waals surface area contributed by atoms with Gasteiger partial charge < -0.3 is 18.6 Å². The Balaban J connectivity index is 1.80. The first-order valence-corrected chi connectivity index (χ1v) is 8.88. The fourth-order valence-corrected chi connectivity index (χ4v) is 2.98. The first-order chi connectivity index (χ1) is 13.4. The first-order valence-electron chi connectivity index (χ1n) is 8.08. The van der Waals surface area contributed by atoms with Crippen LogP contribution in [0.2, 0.25) is 0 Å². The Kier molecular flexibility index (Phi) is 5.79. The molecule has 2 aromatic carbocycles. The van der Waals surface area contributed by atoms with Gasteiger partial charge >= 0.3 is 11.6 Å². The number of halogens is 1. The maximum Gasteiger partial charge on any atom is 0.351 e. The number of carbonyl (C=O) groups is 2. The number of Topliss-reactive ketones (excluding diaryl/α,β-unsaturated/α-hetero) is 1. The highest BCUT2D eigenvalue weighted by Crippen LogP contribution is 2.29. The van der Waals surface area contributed by atoms with Crippen LogP contribution in [-0.4, -0.2) is 32.6 Å². The Morgan fingerprint density at radius 1 is 1.04 bits per heavy atom. The number of benzene rings is 2. The van der Waals surface area contributed by atoms with Crippen LogP contribution in [0.1, 0.15) is 20.7 Å². The van der Waals surface area contributed by atoms with Gasteiger partial charge in [0.1, 0.15) is 11.3 Å². The van der Waals surface area contributed by atoms with Crippen LogP contribution in [0.4, 0.5) is 0 Å². The molecule has 0 atom stereocenters. The quantitative estimate of drug-likeness (QED) is 0.324. The number of rotatable bonds is 6. The molecule has 0 unspecified atom stereocenters. The second kappa shape index (κ2) is 8.26. The zero-order valence-corrected chi connectivity index (χ0v) is 16.6. The SMILES string of the molecule is COc1ccc(C(=O)COC(=O)c2cc3cc(Br)cc(OC)c3oc2=O)cc1. The van der Waals surface area contributed by atoms with E-state index in [9.17, 15) is 14.4 Å². The molecule has 0 aliphatic rings. The predicted octanol–water partition coefficient (Wildman–Crippen LogP) is 3.61. The second-order valence-corrected chi connectivity index (χ2v) is 6.62. The third-order valence-corrected chi connectivity index (χ3v) is 4.41. The fourth-order valence-electron chi connectivity index (χ4n) is 2.53. The zero-order chi connectivity index (χ0) is 20.3. The summed E-state index contributed by atoms with van der Waals surface area (Å²) in [7, 11) is 2.95. The van der Waals surface area contributed by atoms with Crippen molar-refractivity contribution in [1.82, 2.24) is 0 Å². The number of carbonyl (C=O) groups excluding carboxylic acids is 2. The predicted molar refractivity (Wildman–Crippen MR) is 104 cm³/mol. The zero-order valence-electron chi connectivity index (χ0n) is 15.0. The van der Waals surface area contributed by atoms with Gasteiger partial charge in [-0.15, -0.1) is 0 Å². The average Bonchev–Trinajstić information content (AvgIpc) is 2.71. The van der Waals surface area contributed by atoms with Gasteiger partial charge in [0.05, 0.1) is 14.2 Å². The number of fused-ring (bicyclic) bond motifs is 1. The van der Waals surface area contributed by atoms with Gasteiger partial charge in [-0.05, 0) is 42.5 Å². The summed E-state index contributed by atoms with van der Waals surface area (Å²) in [4.78, 5) is 36.6. The van der Waals surface area contributed by atoms with Crippen molar-refractivity contribution in [3.63, 3.8) is 0 Å². The van der Waals surface area contributed by atoms with Crippen molar-refractivity contribution < 1.29 is 28.2 Å². The van der Waals surface area contributed by atoms with Gasteiger partial charge in [-0.2, -0.15) is 0 Å². The Morgan fingerprint density at radius 2 is 1.75 bits per heavy atom. The smallest absolute Gasteiger partial charge is 0.351 e. The number of ketones is 1. The molecule has 3 rings (SSSR count). The molecular weight excluding hydrogens is 432 g/mol. The minimum atomic E-state index is -0.948. The molecule has 7 nitrogen and oxygen atoms in total. The summed E-state index contributed by atoms with van der Waals surface area (Å²) in [5.74, 6) is -0.415. The van der Waals surface area contributed by atoms with Crippen LogP contribution in [0.25, 0.3) is 11.0 Å². The molecule has 0 saturated carbocycles. The summed E-state index contributed by atoms with van der Waals surface area (Å²) in [5.41, 5.74) is -0.625. The third-order valence-electron chi connectivity index (χ3n) is 3.95. The molecular formula is C20H15BrO7. The normalized spacial score (nSPS) is 10.5. The summed E-state index contributed by atoms with van der Waals surface area (Å²) in [5, 5.41) is 0.472. The largest absolute Gasteiger partial charge is 0.497 e. The van der Waals surface area contributed by atoms with E-state index in [0.29, 0.717) is 26.9 Å². The van der Waals surface area contributed by atoms with Crippen LogP contribution >= 0.6 is 15.9 Å². The summed E-state index contributed by atoms with van der Waals surface area (Å²) in [6.07, 6.45) is 0. The first kappa shape index (κ1) is 19.6. The van der Waals surface area contributed by atoms with Crippen molar-refractivity contribution >= 4 is 38.7 Å². The molecule has 8 heteroatoms. The van der Waals surface area contributed by atoms with E-state index >= 15 is 0 Å². The van der Waals surface area contributed by atoms with Crippen molar-refractivity contribution in [3.8, 4) is 11.5 Å². The lowest BCUT2D eigenvalue weighted by Gasteiger charge is -2.07. The topological polar surface area (TPSA) is 92.0 Å². The monoisotopic (exact) mass is 446 g/mol. The number of esters is 1. The second-order valence-electron chi connectivity index (χ2n) is 5.70. The van der Waals surface area contributed by atoms with E-state index in [-0.39, 0.29) is 11.1 Å². The highest BCUT2D eigenvalue weighted by molar-refractivity contribution is 9.10. The van der Waals surface area contributed by atoms with Gasteiger partial charge in [-0.3, -0.25) is 4.79 Å². The van der Waals surface area contributed by atoms with Gasteiger partial charge in [-0.25, -0.2) is 9.59 Å². The van der Waals surface area contributed by atoms with Crippen molar-refractivity contribution in [2.45, 2.75) is 0 Å². The lowest BCUT2D eigenvalue weighted by Crippen LogP contribution is -2.20. The number of hydrogen-bond acceptors (Lipinski definition) is 7. The molecule has 0 saturated heterocycles. The van der Waals surface area contributed by atoms with Crippen molar-refractivity contribution in [1.29, 1.82) is 0 Å². The van der Waals surface area contributed by atoms with E-state index in [2.05, 4.69) is 15.9 Å². The minimum Gasteiger partial charge on any atom is -0.497 e. The summed E-state index contributed by atoms with van der Waals surface area (Å²) >= 11 is 3.32. The molecule has 0 fully saturated rings. The molecule has 0 N–H and O–H groups in total. The lowest BCUT2D eigenvalue weighted by atomic mass is 10.1. The van der Waals surface area contributed by atoms with E-state index in [0.717, 1.165) is 0 Å². The Bertz CT molecular complexity index is 1100. The van der Waals surface area contributed by atoms with Gasteiger partial charge in [0.25, 0.3) is 0 Å². The number of hydrogen-bond donors (Lipinski definition) is 0. The molecule has 144 valence electrons. The minimum absolute atomic E-state index is 0.210. The van der Waals surface area contributed by atoms with E-state index < -0.39 is 24.0 Å². The van der Waals surface area contributed by atoms with E-state index in [1.807, 2.05) is 0 Å². The molecule has 3 aromatic rings. The average molecular weight is 447 g/mol. The maximum absolute atomic E-state index is 12.3. The molecule has 0 radical (unpaired) electrons. The highest BCUT2D eigenvalue weighted by atomic mass is 79.9. The molecule has 0 bridgehead atoms. The van der Waals surface area contributed by atoms with Gasteiger partial charge in [0, 0.05) is 15.4 Å². The summed E-state index contributed by atoms with van der Waals surface area (Å²) in [6.45, 7) is -0.509. The van der Waals surface area contributed by atoms with Crippen LogP contribution in [0.15, 0.2) is 56.1 Å². The standard InChI is InChI=1S/C20H15BrO7/c1-25-14-5-3-11(4-6-14)16(22)10-27-19(23)15-8-12-7-13(21)9-17(26-2)18(12)28-20(15)24/h3-9H,10H2,1-2H3. The maximum atomic E-state index is 12.3. The Hall–Kier alpha value is -3.13. The molecule has 28 heavy (non-hydrogen) atoms. The fraction of sp³-hybridized carbons (Fsp3) is 0.150. The lowest BCUT2D eigenvalue weighted by molar-refractivity contribution is 0.0470. The molecule has 0 aliphatic heterocycles. The van der Waals surface area contributed by atoms with Crippen LogP contribution in [-0.2, 0) is 4.74 Å². The molecule has 0 aliphatic carbocycles. The van der Waals surface area contributed by atoms with Crippen LogP contribution in [0.5, 0.6) is 11.5 Å². The Labute approximate surface area is 167 Å². The number of methoxy groups -OCH3 is 2. The Morgan fingerprint density at radius 3 is 2.39 bits per heavy atom. The molecule has 0 amide bonds. The van der Waals surface area contributed by atoms with Crippen LogP contribution in [0.3, 0.4) is 0 Å². The van der Waals surface area contributed by atoms with E-state index in [4.69, 9.17) is 18.6 Å². The molecule has 1 aromatic heterocycles. The van der Waals surface area contributed by atoms with Gasteiger partial charge in [0.2, 0.25) is 0 Å². The molecule has 1 heterocycles. The molecule has 0 spiro atoms. The summed E-state index contributed by atoms with van der Waals surface area (Å²) in [6, 6.07) is 11.0. The van der Waals surface area contributed by atoms with Gasteiger partial charge in [-0.1, -0.05) is 15.9 Å². The van der Waals surface area contributed by atoms with Crippen molar-refractivity contribution in [2.24, 2.45) is 0 Å².